The molecule has 6 nitrogen and oxygen atoms in total. The number of ether oxygens (including phenoxy) is 3. The van der Waals surface area contributed by atoms with Crippen LogP contribution in [-0.4, -0.2) is 17.9 Å². The van der Waals surface area contributed by atoms with Gasteiger partial charge in [-0.1, -0.05) is 11.2 Å². The van der Waals surface area contributed by atoms with E-state index in [0.29, 0.717) is 23.0 Å². The lowest BCUT2D eigenvalue weighted by Crippen LogP contribution is -2.00. The smallest absolute Gasteiger partial charge is 0.330 e. The van der Waals surface area contributed by atoms with Crippen LogP contribution < -0.4 is 9.47 Å². The van der Waals surface area contributed by atoms with Crippen molar-refractivity contribution in [2.24, 2.45) is 0 Å². The highest BCUT2D eigenvalue weighted by molar-refractivity contribution is 5.81. The van der Waals surface area contributed by atoms with Crippen molar-refractivity contribution in [2.45, 2.75) is 13.5 Å². The SMILES string of the molecule is C/C=C\C(=O)OCc1cc(-c2ccc3c(c2)OCO3)on1. The van der Waals surface area contributed by atoms with Crippen molar-refractivity contribution < 1.29 is 23.5 Å². The summed E-state index contributed by atoms with van der Waals surface area (Å²) in [6.45, 7) is 2.04. The van der Waals surface area contributed by atoms with Gasteiger partial charge in [-0.2, -0.15) is 0 Å². The van der Waals surface area contributed by atoms with Crippen LogP contribution in [0.5, 0.6) is 11.5 Å². The predicted molar refractivity (Wildman–Crippen MR) is 72.7 cm³/mol. The van der Waals surface area contributed by atoms with Gasteiger partial charge in [0.2, 0.25) is 6.79 Å². The Morgan fingerprint density at radius 1 is 1.33 bits per heavy atom. The standard InChI is InChI=1S/C15H13NO5/c1-2-3-15(17)18-8-11-7-13(21-16-11)10-4-5-12-14(6-10)20-9-19-12/h2-7H,8-9H2,1H3/b3-2-. The molecule has 0 saturated carbocycles. The number of carbonyl (C=O) groups excluding carboxylic acids is 1. The molecular weight excluding hydrogens is 274 g/mol. The number of aromatic nitrogens is 1. The fraction of sp³-hybridized carbons (Fsp3) is 0.200. The predicted octanol–water partition coefficient (Wildman–Crippen LogP) is 2.69. The highest BCUT2D eigenvalue weighted by Crippen LogP contribution is 2.36. The lowest BCUT2D eigenvalue weighted by atomic mass is 10.1. The Labute approximate surface area is 120 Å². The van der Waals surface area contributed by atoms with E-state index in [1.165, 1.54) is 6.08 Å². The lowest BCUT2D eigenvalue weighted by molar-refractivity contribution is -0.139. The van der Waals surface area contributed by atoms with E-state index in [1.54, 1.807) is 19.1 Å². The lowest BCUT2D eigenvalue weighted by Gasteiger charge is -1.98. The first-order chi connectivity index (χ1) is 10.3. The molecule has 0 spiro atoms. The van der Waals surface area contributed by atoms with Crippen LogP contribution in [0.3, 0.4) is 0 Å². The second-order valence-electron chi connectivity index (χ2n) is 4.36. The van der Waals surface area contributed by atoms with E-state index in [0.717, 1.165) is 5.56 Å². The van der Waals surface area contributed by atoms with E-state index < -0.39 is 5.97 Å². The molecule has 1 aromatic heterocycles. The number of hydrogen-bond acceptors (Lipinski definition) is 6. The average molecular weight is 287 g/mol. The molecule has 0 atom stereocenters. The Balaban J connectivity index is 1.71. The molecule has 2 aromatic rings. The molecular formula is C15H13NO5. The van der Waals surface area contributed by atoms with Crippen LogP contribution in [0.15, 0.2) is 40.9 Å². The third-order valence-corrected chi connectivity index (χ3v) is 2.88. The quantitative estimate of drug-likeness (QED) is 0.636. The molecule has 1 aliphatic rings. The van der Waals surface area contributed by atoms with Gasteiger partial charge < -0.3 is 18.7 Å². The molecule has 1 aromatic carbocycles. The molecule has 0 radical (unpaired) electrons. The van der Waals surface area contributed by atoms with Crippen LogP contribution in [0.1, 0.15) is 12.6 Å². The molecule has 2 heterocycles. The first-order valence-corrected chi connectivity index (χ1v) is 6.41. The molecule has 3 rings (SSSR count). The number of nitrogens with zero attached hydrogens (tertiary/aromatic N) is 1. The molecule has 0 saturated heterocycles. The van der Waals surface area contributed by atoms with Gasteiger partial charge in [-0.05, 0) is 25.1 Å². The molecule has 1 aliphatic heterocycles. The maximum absolute atomic E-state index is 11.2. The third kappa shape index (κ3) is 2.89. The van der Waals surface area contributed by atoms with E-state index in [2.05, 4.69) is 5.16 Å². The maximum Gasteiger partial charge on any atom is 0.330 e. The summed E-state index contributed by atoms with van der Waals surface area (Å²) in [5.41, 5.74) is 1.36. The number of carbonyl (C=O) groups is 1. The van der Waals surface area contributed by atoms with Gasteiger partial charge in [0.05, 0.1) is 0 Å². The first kappa shape index (κ1) is 13.2. The zero-order valence-electron chi connectivity index (χ0n) is 11.4. The summed E-state index contributed by atoms with van der Waals surface area (Å²) in [4.78, 5) is 11.2. The number of allylic oxidation sites excluding steroid dienone is 1. The largest absolute Gasteiger partial charge is 0.456 e. The van der Waals surface area contributed by atoms with E-state index in [1.807, 2.05) is 18.2 Å². The van der Waals surface area contributed by atoms with Crippen LogP contribution >= 0.6 is 0 Å². The molecule has 0 bridgehead atoms. The summed E-state index contributed by atoms with van der Waals surface area (Å²) in [6, 6.07) is 7.20. The van der Waals surface area contributed by atoms with Crippen molar-refractivity contribution in [1.29, 1.82) is 0 Å². The molecule has 0 N–H and O–H groups in total. The van der Waals surface area contributed by atoms with E-state index in [4.69, 9.17) is 18.7 Å². The normalized spacial score (nSPS) is 12.8. The number of rotatable bonds is 4. The Morgan fingerprint density at radius 3 is 3.05 bits per heavy atom. The third-order valence-electron chi connectivity index (χ3n) is 2.88. The van der Waals surface area contributed by atoms with Crippen LogP contribution in [0.2, 0.25) is 0 Å². The fourth-order valence-electron chi connectivity index (χ4n) is 1.89. The average Bonchev–Trinajstić information content (AvgIpc) is 3.13. The minimum Gasteiger partial charge on any atom is -0.456 e. The topological polar surface area (TPSA) is 70.8 Å². The Morgan fingerprint density at radius 2 is 2.19 bits per heavy atom. The van der Waals surface area contributed by atoms with Crippen molar-refractivity contribution in [3.8, 4) is 22.8 Å². The molecule has 21 heavy (non-hydrogen) atoms. The van der Waals surface area contributed by atoms with Crippen molar-refractivity contribution in [3.05, 3.63) is 42.1 Å². The summed E-state index contributed by atoms with van der Waals surface area (Å²) in [5, 5.41) is 3.87. The highest BCUT2D eigenvalue weighted by atomic mass is 16.7. The first-order valence-electron chi connectivity index (χ1n) is 6.41. The van der Waals surface area contributed by atoms with E-state index in [9.17, 15) is 4.79 Å². The van der Waals surface area contributed by atoms with E-state index in [-0.39, 0.29) is 13.4 Å². The Bertz CT molecular complexity index is 689. The van der Waals surface area contributed by atoms with Gasteiger partial charge in [0.25, 0.3) is 0 Å². The molecule has 0 unspecified atom stereocenters. The second-order valence-corrected chi connectivity index (χ2v) is 4.36. The summed E-state index contributed by atoms with van der Waals surface area (Å²) < 4.78 is 20.8. The number of benzene rings is 1. The van der Waals surface area contributed by atoms with Gasteiger partial charge in [-0.3, -0.25) is 0 Å². The molecule has 6 heteroatoms. The van der Waals surface area contributed by atoms with Crippen LogP contribution in [0.4, 0.5) is 0 Å². The van der Waals surface area contributed by atoms with Crippen molar-refractivity contribution in [3.63, 3.8) is 0 Å². The van der Waals surface area contributed by atoms with Gasteiger partial charge in [0.1, 0.15) is 12.3 Å². The van der Waals surface area contributed by atoms with Crippen LogP contribution in [0, 0.1) is 0 Å². The van der Waals surface area contributed by atoms with Crippen molar-refractivity contribution in [1.82, 2.24) is 5.16 Å². The summed E-state index contributed by atoms with van der Waals surface area (Å²) in [6.07, 6.45) is 2.96. The van der Waals surface area contributed by atoms with Crippen LogP contribution in [0.25, 0.3) is 11.3 Å². The Kier molecular flexibility index (Phi) is 3.59. The highest BCUT2D eigenvalue weighted by Gasteiger charge is 2.16. The van der Waals surface area contributed by atoms with Gasteiger partial charge >= 0.3 is 5.97 Å². The van der Waals surface area contributed by atoms with Gasteiger partial charge in [-0.25, -0.2) is 4.79 Å². The molecule has 108 valence electrons. The molecule has 0 amide bonds. The van der Waals surface area contributed by atoms with Crippen molar-refractivity contribution in [2.75, 3.05) is 6.79 Å². The van der Waals surface area contributed by atoms with Gasteiger partial charge in [0.15, 0.2) is 17.3 Å². The second kappa shape index (κ2) is 5.70. The minimum absolute atomic E-state index is 0.0667. The van der Waals surface area contributed by atoms with E-state index >= 15 is 0 Å². The summed E-state index contributed by atoms with van der Waals surface area (Å²) >= 11 is 0. The number of hydrogen-bond donors (Lipinski definition) is 0. The summed E-state index contributed by atoms with van der Waals surface area (Å²) in [7, 11) is 0. The fourth-order valence-corrected chi connectivity index (χ4v) is 1.89. The number of esters is 1. The molecule has 0 aliphatic carbocycles. The van der Waals surface area contributed by atoms with Crippen molar-refractivity contribution >= 4 is 5.97 Å². The monoisotopic (exact) mass is 287 g/mol. The summed E-state index contributed by atoms with van der Waals surface area (Å²) in [5.74, 6) is 1.54. The van der Waals surface area contributed by atoms with Gasteiger partial charge in [0, 0.05) is 17.7 Å². The maximum atomic E-state index is 11.2. The number of fused-ring (bicyclic) bond motifs is 1. The minimum atomic E-state index is -0.412. The zero-order valence-corrected chi connectivity index (χ0v) is 11.4. The van der Waals surface area contributed by atoms with Gasteiger partial charge in [-0.15, -0.1) is 0 Å². The van der Waals surface area contributed by atoms with Crippen LogP contribution in [-0.2, 0) is 16.1 Å². The molecule has 0 fully saturated rings. The Hall–Kier alpha value is -2.76. The zero-order chi connectivity index (χ0) is 14.7.